The molecule has 1 unspecified atom stereocenters. The lowest BCUT2D eigenvalue weighted by Crippen LogP contribution is -2.36. The number of aromatic nitrogens is 3. The van der Waals surface area contributed by atoms with Gasteiger partial charge in [0.15, 0.2) is 0 Å². The predicted molar refractivity (Wildman–Crippen MR) is 175 cm³/mol. The molecule has 9 heteroatoms. The number of carbonyl (C=O) groups is 1. The second-order valence-electron chi connectivity index (χ2n) is 12.5. The van der Waals surface area contributed by atoms with E-state index in [1.807, 2.05) is 39.1 Å². The van der Waals surface area contributed by atoms with Gasteiger partial charge in [0, 0.05) is 32.8 Å². The third-order valence-electron chi connectivity index (χ3n) is 8.32. The van der Waals surface area contributed by atoms with Crippen LogP contribution in [0, 0.1) is 0 Å². The Balaban J connectivity index is 1.17. The van der Waals surface area contributed by atoms with E-state index in [0.717, 1.165) is 62.7 Å². The fourth-order valence-corrected chi connectivity index (χ4v) is 7.66. The highest BCUT2D eigenvalue weighted by atomic mass is 35.5. The summed E-state index contributed by atoms with van der Waals surface area (Å²) in [5.74, 6) is 1.57. The first-order valence-corrected chi connectivity index (χ1v) is 16.1. The number of fused-ring (bicyclic) bond motifs is 6. The third-order valence-corrected chi connectivity index (χ3v) is 9.70. The molecule has 1 saturated heterocycles. The number of nitrogens with one attached hydrogen (secondary N) is 1. The van der Waals surface area contributed by atoms with Crippen LogP contribution < -0.4 is 4.74 Å². The zero-order chi connectivity index (χ0) is 30.2. The van der Waals surface area contributed by atoms with Crippen molar-refractivity contribution in [3.63, 3.8) is 0 Å². The van der Waals surface area contributed by atoms with E-state index in [1.54, 1.807) is 16.2 Å². The monoisotopic (exact) mass is 622 g/mol. The number of carbonyl (C=O) groups excluding carboxylic acids is 1. The standard InChI is InChI=1S/C35H31ClN4O3S/c1-35(2,3)43-34(41)39-14-6-8-27(39)32-37-19-25(38-32)20-10-12-24-28-16-22-15-23(36)11-13-26(22)40(28)33(42-29(24)17-20)31-18-21-7-4-5-9-30(21)44-31/h4-5,7,9-13,15-19,27,33H,6,8,14H2,1-3H3,(H,37,38)/t27-,33?/m0/s1. The first-order chi connectivity index (χ1) is 21.2. The zero-order valence-electron chi connectivity index (χ0n) is 24.6. The van der Waals surface area contributed by atoms with Gasteiger partial charge in [0.05, 0.1) is 34.0 Å². The number of ether oxygens (including phenoxy) is 2. The minimum absolute atomic E-state index is 0.146. The molecule has 5 heterocycles. The molecule has 0 saturated carbocycles. The minimum Gasteiger partial charge on any atom is -0.464 e. The van der Waals surface area contributed by atoms with Crippen LogP contribution in [-0.4, -0.2) is 37.7 Å². The van der Waals surface area contributed by atoms with Gasteiger partial charge in [-0.25, -0.2) is 9.78 Å². The van der Waals surface area contributed by atoms with Crippen molar-refractivity contribution >= 4 is 50.0 Å². The number of rotatable bonds is 3. The second-order valence-corrected chi connectivity index (χ2v) is 14.0. The maximum Gasteiger partial charge on any atom is 0.410 e. The summed E-state index contributed by atoms with van der Waals surface area (Å²) >= 11 is 8.16. The molecule has 2 aliphatic heterocycles. The van der Waals surface area contributed by atoms with Crippen LogP contribution in [0.2, 0.25) is 5.02 Å². The van der Waals surface area contributed by atoms with E-state index in [0.29, 0.717) is 11.6 Å². The normalized spacial score (nSPS) is 18.0. The number of aromatic amines is 1. The number of nitrogens with zero attached hydrogens (tertiary/aromatic N) is 3. The molecule has 3 aromatic heterocycles. The fraction of sp³-hybridized carbons (Fsp3) is 0.257. The quantitative estimate of drug-likeness (QED) is 0.213. The molecule has 0 radical (unpaired) electrons. The highest BCUT2D eigenvalue weighted by Gasteiger charge is 2.35. The molecule has 2 aliphatic rings. The Bertz CT molecular complexity index is 2040. The Labute approximate surface area is 264 Å². The number of thiophene rings is 1. The van der Waals surface area contributed by atoms with Crippen LogP contribution in [0.15, 0.2) is 79.0 Å². The number of hydrogen-bond acceptors (Lipinski definition) is 5. The van der Waals surface area contributed by atoms with Gasteiger partial charge in [-0.05, 0) is 87.5 Å². The molecule has 6 aromatic rings. The van der Waals surface area contributed by atoms with E-state index in [2.05, 4.69) is 70.2 Å². The van der Waals surface area contributed by atoms with Gasteiger partial charge in [-0.15, -0.1) is 11.3 Å². The first-order valence-electron chi connectivity index (χ1n) is 14.9. The van der Waals surface area contributed by atoms with Crippen molar-refractivity contribution < 1.29 is 14.3 Å². The molecular formula is C35H31ClN4O3S. The van der Waals surface area contributed by atoms with Gasteiger partial charge in [0.1, 0.15) is 17.2 Å². The summed E-state index contributed by atoms with van der Waals surface area (Å²) in [4.78, 5) is 24.0. The number of hydrogen-bond donors (Lipinski definition) is 1. The molecule has 8 rings (SSSR count). The van der Waals surface area contributed by atoms with E-state index in [-0.39, 0.29) is 18.4 Å². The summed E-state index contributed by atoms with van der Waals surface area (Å²) in [5, 5.41) is 2.98. The molecule has 3 aromatic carbocycles. The second kappa shape index (κ2) is 10.1. The SMILES string of the molecule is CC(C)(C)OC(=O)N1CCC[C@H]1c1ncc(-c2ccc3c(c2)OC(c2cc4ccccc4s2)n2c-3cc3cc(Cl)ccc32)[nH]1. The topological polar surface area (TPSA) is 72.4 Å². The molecular weight excluding hydrogens is 592 g/mol. The Morgan fingerprint density at radius 2 is 1.93 bits per heavy atom. The Kier molecular flexibility index (Phi) is 6.29. The van der Waals surface area contributed by atoms with Crippen molar-refractivity contribution in [1.82, 2.24) is 19.4 Å². The van der Waals surface area contributed by atoms with Gasteiger partial charge in [0.2, 0.25) is 6.23 Å². The first kappa shape index (κ1) is 27.3. The van der Waals surface area contributed by atoms with E-state index < -0.39 is 5.60 Å². The van der Waals surface area contributed by atoms with Crippen molar-refractivity contribution in [2.75, 3.05) is 6.54 Å². The van der Waals surface area contributed by atoms with Crippen LogP contribution >= 0.6 is 22.9 Å². The van der Waals surface area contributed by atoms with Crippen LogP contribution in [-0.2, 0) is 4.74 Å². The maximum atomic E-state index is 12.9. The number of likely N-dealkylation sites (tertiary alicyclic amines) is 1. The molecule has 1 fully saturated rings. The molecule has 222 valence electrons. The van der Waals surface area contributed by atoms with Crippen LogP contribution in [0.1, 0.15) is 56.6 Å². The number of H-pyrrole nitrogens is 1. The summed E-state index contributed by atoms with van der Waals surface area (Å²) in [5.41, 5.74) is 4.47. The molecule has 0 aliphatic carbocycles. The number of halogens is 1. The van der Waals surface area contributed by atoms with Crippen LogP contribution in [0.25, 0.3) is 43.5 Å². The summed E-state index contributed by atoms with van der Waals surface area (Å²) in [7, 11) is 0. The van der Waals surface area contributed by atoms with Gasteiger partial charge in [0.25, 0.3) is 0 Å². The Morgan fingerprint density at radius 3 is 2.77 bits per heavy atom. The molecule has 0 spiro atoms. The van der Waals surface area contributed by atoms with Gasteiger partial charge in [-0.1, -0.05) is 35.9 Å². The molecule has 1 amide bonds. The minimum atomic E-state index is -0.548. The highest BCUT2D eigenvalue weighted by Crippen LogP contribution is 2.47. The average Bonchev–Trinajstić information content (AvgIpc) is 3.79. The summed E-state index contributed by atoms with van der Waals surface area (Å²) in [6, 6.07) is 25.0. The molecule has 0 bridgehead atoms. The summed E-state index contributed by atoms with van der Waals surface area (Å²) < 4.78 is 16.0. The van der Waals surface area contributed by atoms with E-state index in [9.17, 15) is 4.79 Å². The predicted octanol–water partition coefficient (Wildman–Crippen LogP) is 9.58. The van der Waals surface area contributed by atoms with Crippen molar-refractivity contribution in [3.8, 4) is 28.3 Å². The van der Waals surface area contributed by atoms with Crippen LogP contribution in [0.4, 0.5) is 4.79 Å². The number of imidazole rings is 1. The summed E-state index contributed by atoms with van der Waals surface area (Å²) in [6.45, 7) is 6.32. The van der Waals surface area contributed by atoms with Gasteiger partial charge in [-0.2, -0.15) is 0 Å². The number of amides is 1. The number of benzene rings is 3. The Hall–Kier alpha value is -4.27. The third kappa shape index (κ3) is 4.64. The van der Waals surface area contributed by atoms with Crippen molar-refractivity contribution in [1.29, 1.82) is 0 Å². The Morgan fingerprint density at radius 1 is 1.07 bits per heavy atom. The lowest BCUT2D eigenvalue weighted by atomic mass is 10.0. The van der Waals surface area contributed by atoms with Crippen LogP contribution in [0.5, 0.6) is 5.75 Å². The van der Waals surface area contributed by atoms with Gasteiger partial charge in [-0.3, -0.25) is 9.47 Å². The summed E-state index contributed by atoms with van der Waals surface area (Å²) in [6.07, 6.45) is 2.95. The fourth-order valence-electron chi connectivity index (χ4n) is 6.39. The van der Waals surface area contributed by atoms with E-state index >= 15 is 0 Å². The van der Waals surface area contributed by atoms with Crippen molar-refractivity contribution in [3.05, 3.63) is 94.7 Å². The van der Waals surface area contributed by atoms with Gasteiger partial charge < -0.3 is 14.5 Å². The molecule has 2 atom stereocenters. The molecule has 1 N–H and O–H groups in total. The van der Waals surface area contributed by atoms with Crippen LogP contribution in [0.3, 0.4) is 0 Å². The van der Waals surface area contributed by atoms with Gasteiger partial charge >= 0.3 is 6.09 Å². The average molecular weight is 623 g/mol. The lowest BCUT2D eigenvalue weighted by Gasteiger charge is -2.29. The maximum absolute atomic E-state index is 12.9. The molecule has 44 heavy (non-hydrogen) atoms. The molecule has 7 nitrogen and oxygen atoms in total. The van der Waals surface area contributed by atoms with Crippen molar-refractivity contribution in [2.45, 2.75) is 51.5 Å². The largest absolute Gasteiger partial charge is 0.464 e. The lowest BCUT2D eigenvalue weighted by molar-refractivity contribution is 0.0218. The van der Waals surface area contributed by atoms with Crippen molar-refractivity contribution in [2.24, 2.45) is 0 Å². The van der Waals surface area contributed by atoms with E-state index in [1.165, 1.54) is 10.1 Å². The van der Waals surface area contributed by atoms with E-state index in [4.69, 9.17) is 26.1 Å². The smallest absolute Gasteiger partial charge is 0.410 e. The zero-order valence-corrected chi connectivity index (χ0v) is 26.2. The highest BCUT2D eigenvalue weighted by molar-refractivity contribution is 7.19.